The number of carbonyl (C=O) groups is 1. The van der Waals surface area contributed by atoms with Crippen molar-refractivity contribution in [2.45, 2.75) is 17.5 Å². The second-order valence-electron chi connectivity index (χ2n) is 6.91. The molecule has 8 heteroatoms. The number of aliphatic hydroxyl groups is 2. The zero-order valence-electron chi connectivity index (χ0n) is 16.8. The molecule has 0 aliphatic heterocycles. The molecule has 0 heterocycles. The van der Waals surface area contributed by atoms with Crippen molar-refractivity contribution in [2.75, 3.05) is 17.5 Å². The van der Waals surface area contributed by atoms with Crippen LogP contribution in [0.2, 0.25) is 0 Å². The fraction of sp³-hybridized carbons (Fsp3) is 0.174. The lowest BCUT2D eigenvalue weighted by Gasteiger charge is -2.25. The molecule has 3 aromatic rings. The third-order valence-corrected chi connectivity index (χ3v) is 6.39. The maximum Gasteiger partial charge on any atom is 0.264 e. The molecule has 0 saturated heterocycles. The van der Waals surface area contributed by atoms with Gasteiger partial charge in [0.2, 0.25) is 0 Å². The Bertz CT molecular complexity index is 1110. The molecule has 0 radical (unpaired) electrons. The van der Waals surface area contributed by atoms with Gasteiger partial charge in [-0.25, -0.2) is 8.42 Å². The normalized spacial score (nSPS) is 12.2. The summed E-state index contributed by atoms with van der Waals surface area (Å²) >= 11 is 0. The Labute approximate surface area is 181 Å². The van der Waals surface area contributed by atoms with E-state index in [1.165, 1.54) is 22.5 Å². The smallest absolute Gasteiger partial charge is 0.264 e. The van der Waals surface area contributed by atoms with Gasteiger partial charge in [0.15, 0.2) is 0 Å². The number of amides is 1. The van der Waals surface area contributed by atoms with Crippen LogP contribution in [0.5, 0.6) is 0 Å². The molecule has 0 aliphatic carbocycles. The standard InChI is InChI=1S/C23H24N2O5S/c26-17-21(27)15-24-23(28)19-10-7-11-20(14-19)25(16-18-8-3-1-4-9-18)31(29,30)22-12-5-2-6-13-22/h1-14,21,26-27H,15-17H2,(H,24,28). The average Bonchev–Trinajstić information content (AvgIpc) is 2.82. The lowest BCUT2D eigenvalue weighted by Crippen LogP contribution is -2.34. The Morgan fingerprint density at radius 1 is 0.935 bits per heavy atom. The van der Waals surface area contributed by atoms with Crippen LogP contribution in [0.3, 0.4) is 0 Å². The summed E-state index contributed by atoms with van der Waals surface area (Å²) in [6, 6.07) is 23.6. The second kappa shape index (κ2) is 10.2. The first kappa shape index (κ1) is 22.5. The van der Waals surface area contributed by atoms with Crippen molar-refractivity contribution in [1.82, 2.24) is 5.32 Å². The van der Waals surface area contributed by atoms with Crippen molar-refractivity contribution in [2.24, 2.45) is 0 Å². The van der Waals surface area contributed by atoms with Crippen molar-refractivity contribution in [3.63, 3.8) is 0 Å². The Morgan fingerprint density at radius 2 is 1.58 bits per heavy atom. The summed E-state index contributed by atoms with van der Waals surface area (Å²) in [4.78, 5) is 12.6. The minimum Gasteiger partial charge on any atom is -0.394 e. The predicted molar refractivity (Wildman–Crippen MR) is 118 cm³/mol. The number of nitrogens with zero attached hydrogens (tertiary/aromatic N) is 1. The highest BCUT2D eigenvalue weighted by Gasteiger charge is 2.25. The fourth-order valence-electron chi connectivity index (χ4n) is 2.96. The van der Waals surface area contributed by atoms with E-state index in [2.05, 4.69) is 5.32 Å². The number of rotatable bonds is 9. The van der Waals surface area contributed by atoms with Crippen LogP contribution in [0.15, 0.2) is 89.8 Å². The van der Waals surface area contributed by atoms with E-state index < -0.39 is 28.6 Å². The minimum atomic E-state index is -3.90. The van der Waals surface area contributed by atoms with E-state index >= 15 is 0 Å². The van der Waals surface area contributed by atoms with Crippen LogP contribution < -0.4 is 9.62 Å². The van der Waals surface area contributed by atoms with Gasteiger partial charge in [0.25, 0.3) is 15.9 Å². The molecule has 3 rings (SSSR count). The van der Waals surface area contributed by atoms with E-state index in [1.54, 1.807) is 36.4 Å². The molecule has 7 nitrogen and oxygen atoms in total. The van der Waals surface area contributed by atoms with E-state index in [1.807, 2.05) is 30.3 Å². The Balaban J connectivity index is 1.97. The maximum absolute atomic E-state index is 13.4. The molecular formula is C23H24N2O5S. The largest absolute Gasteiger partial charge is 0.394 e. The van der Waals surface area contributed by atoms with E-state index in [0.29, 0.717) is 5.69 Å². The predicted octanol–water partition coefficient (Wildman–Crippen LogP) is 2.17. The van der Waals surface area contributed by atoms with Crippen LogP contribution in [0, 0.1) is 0 Å². The first-order valence-corrected chi connectivity index (χ1v) is 11.1. The van der Waals surface area contributed by atoms with Crippen LogP contribution in [0.4, 0.5) is 5.69 Å². The number of anilines is 1. The Kier molecular flexibility index (Phi) is 7.41. The summed E-state index contributed by atoms with van der Waals surface area (Å²) in [6.45, 7) is -0.498. The summed E-state index contributed by atoms with van der Waals surface area (Å²) in [5.74, 6) is -0.480. The third kappa shape index (κ3) is 5.69. The van der Waals surface area contributed by atoms with Crippen LogP contribution in [0.25, 0.3) is 0 Å². The summed E-state index contributed by atoms with van der Waals surface area (Å²) in [7, 11) is -3.90. The first-order valence-electron chi connectivity index (χ1n) is 9.70. The zero-order chi connectivity index (χ0) is 22.3. The van der Waals surface area contributed by atoms with Crippen LogP contribution in [-0.4, -0.2) is 43.8 Å². The van der Waals surface area contributed by atoms with E-state index in [4.69, 9.17) is 5.11 Å². The van der Waals surface area contributed by atoms with Crippen LogP contribution in [0.1, 0.15) is 15.9 Å². The van der Waals surface area contributed by atoms with Gasteiger partial charge in [0, 0.05) is 12.1 Å². The molecule has 0 fully saturated rings. The summed E-state index contributed by atoms with van der Waals surface area (Å²) in [5, 5.41) is 20.9. The van der Waals surface area contributed by atoms with Crippen LogP contribution >= 0.6 is 0 Å². The van der Waals surface area contributed by atoms with Gasteiger partial charge in [0.05, 0.1) is 29.8 Å². The number of benzene rings is 3. The van der Waals surface area contributed by atoms with Crippen molar-refractivity contribution < 1.29 is 23.4 Å². The number of carbonyl (C=O) groups excluding carboxylic acids is 1. The monoisotopic (exact) mass is 440 g/mol. The van der Waals surface area contributed by atoms with Gasteiger partial charge in [-0.05, 0) is 35.9 Å². The highest BCUT2D eigenvalue weighted by atomic mass is 32.2. The number of hydrogen-bond donors (Lipinski definition) is 3. The number of hydrogen-bond acceptors (Lipinski definition) is 5. The molecule has 1 unspecified atom stereocenters. The van der Waals surface area contributed by atoms with E-state index in [0.717, 1.165) is 5.56 Å². The van der Waals surface area contributed by atoms with Gasteiger partial charge < -0.3 is 15.5 Å². The van der Waals surface area contributed by atoms with Gasteiger partial charge in [-0.1, -0.05) is 54.6 Å². The highest BCUT2D eigenvalue weighted by Crippen LogP contribution is 2.26. The maximum atomic E-state index is 13.4. The molecule has 0 saturated carbocycles. The van der Waals surface area contributed by atoms with Crippen LogP contribution in [-0.2, 0) is 16.6 Å². The number of nitrogens with one attached hydrogen (secondary N) is 1. The Morgan fingerprint density at radius 3 is 2.23 bits per heavy atom. The molecule has 3 N–H and O–H groups in total. The molecule has 1 amide bonds. The van der Waals surface area contributed by atoms with Crippen molar-refractivity contribution in [3.05, 3.63) is 96.1 Å². The molecule has 0 bridgehead atoms. The fourth-order valence-corrected chi connectivity index (χ4v) is 4.43. The van der Waals surface area contributed by atoms with Gasteiger partial charge in [0.1, 0.15) is 0 Å². The highest BCUT2D eigenvalue weighted by molar-refractivity contribution is 7.92. The topological polar surface area (TPSA) is 107 Å². The van der Waals surface area contributed by atoms with E-state index in [-0.39, 0.29) is 23.5 Å². The number of aliphatic hydroxyl groups excluding tert-OH is 2. The molecule has 162 valence electrons. The van der Waals surface area contributed by atoms with Gasteiger partial charge in [-0.3, -0.25) is 9.10 Å². The summed E-state index contributed by atoms with van der Waals surface area (Å²) in [6.07, 6.45) is -1.07. The van der Waals surface area contributed by atoms with Gasteiger partial charge in [-0.15, -0.1) is 0 Å². The molecular weight excluding hydrogens is 416 g/mol. The lowest BCUT2D eigenvalue weighted by atomic mass is 10.1. The van der Waals surface area contributed by atoms with Crippen molar-refractivity contribution >= 4 is 21.6 Å². The molecule has 3 aromatic carbocycles. The van der Waals surface area contributed by atoms with Crippen molar-refractivity contribution in [1.29, 1.82) is 0 Å². The molecule has 0 spiro atoms. The van der Waals surface area contributed by atoms with Gasteiger partial charge >= 0.3 is 0 Å². The second-order valence-corrected chi connectivity index (χ2v) is 8.77. The average molecular weight is 441 g/mol. The first-order chi connectivity index (χ1) is 14.9. The summed E-state index contributed by atoms with van der Waals surface area (Å²) < 4.78 is 28.1. The molecule has 31 heavy (non-hydrogen) atoms. The van der Waals surface area contributed by atoms with Gasteiger partial charge in [-0.2, -0.15) is 0 Å². The minimum absolute atomic E-state index is 0.0896. The van der Waals surface area contributed by atoms with E-state index in [9.17, 15) is 18.3 Å². The third-order valence-electron chi connectivity index (χ3n) is 4.61. The lowest BCUT2D eigenvalue weighted by molar-refractivity contribution is 0.0802. The quantitative estimate of drug-likeness (QED) is 0.473. The Hall–Kier alpha value is -3.20. The zero-order valence-corrected chi connectivity index (χ0v) is 17.6. The number of sulfonamides is 1. The summed E-state index contributed by atoms with van der Waals surface area (Å²) in [5.41, 5.74) is 1.37. The van der Waals surface area contributed by atoms with Crippen molar-refractivity contribution in [3.8, 4) is 0 Å². The molecule has 1 atom stereocenters. The molecule has 0 aliphatic rings. The SMILES string of the molecule is O=C(NCC(O)CO)c1cccc(N(Cc2ccccc2)S(=O)(=O)c2ccccc2)c1. The molecule has 0 aromatic heterocycles.